The van der Waals surface area contributed by atoms with Gasteiger partial charge in [0.15, 0.2) is 0 Å². The first kappa shape index (κ1) is 15.8. The Balaban J connectivity index is 1.75. The van der Waals surface area contributed by atoms with E-state index in [0.717, 1.165) is 28.6 Å². The van der Waals surface area contributed by atoms with Crippen molar-refractivity contribution in [3.05, 3.63) is 28.2 Å². The monoisotopic (exact) mass is 355 g/mol. The van der Waals surface area contributed by atoms with Crippen LogP contribution in [0.3, 0.4) is 0 Å². The predicted octanol–water partition coefficient (Wildman–Crippen LogP) is 2.69. The first-order chi connectivity index (χ1) is 10.1. The van der Waals surface area contributed by atoms with Gasteiger partial charge < -0.3 is 15.2 Å². The van der Waals surface area contributed by atoms with Gasteiger partial charge in [0.25, 0.3) is 0 Å². The summed E-state index contributed by atoms with van der Waals surface area (Å²) in [6.45, 7) is 0.939. The number of carboxylic acids is 1. The summed E-state index contributed by atoms with van der Waals surface area (Å²) in [4.78, 5) is 22.5. The Hall–Kier alpha value is -1.56. The van der Waals surface area contributed by atoms with Gasteiger partial charge in [0.05, 0.1) is 0 Å². The molecule has 0 saturated heterocycles. The van der Waals surface area contributed by atoms with Crippen molar-refractivity contribution in [1.29, 1.82) is 0 Å². The quantitative estimate of drug-likeness (QED) is 0.737. The third-order valence-corrected chi connectivity index (χ3v) is 3.93. The molecule has 1 heterocycles. The van der Waals surface area contributed by atoms with Crippen LogP contribution in [-0.2, 0) is 9.59 Å². The second-order valence-electron chi connectivity index (χ2n) is 5.04. The molecule has 1 unspecified atom stereocenters. The predicted molar refractivity (Wildman–Crippen MR) is 81.5 cm³/mol. The normalized spacial score (nSPS) is 16.1. The van der Waals surface area contributed by atoms with Crippen LogP contribution in [0.25, 0.3) is 0 Å². The molecule has 0 aromatic heterocycles. The van der Waals surface area contributed by atoms with E-state index in [1.165, 1.54) is 0 Å². The number of amides is 1. The van der Waals surface area contributed by atoms with Crippen LogP contribution >= 0.6 is 15.9 Å². The van der Waals surface area contributed by atoms with Crippen LogP contribution in [0.2, 0.25) is 0 Å². The number of aliphatic carboxylic acids is 1. The van der Waals surface area contributed by atoms with E-state index in [9.17, 15) is 9.59 Å². The number of nitrogens with one attached hydrogen (secondary N) is 1. The molecule has 1 aliphatic rings. The third-order valence-electron chi connectivity index (χ3n) is 3.44. The number of fused-ring (bicyclic) bond motifs is 1. The molecule has 1 atom stereocenters. The van der Waals surface area contributed by atoms with Gasteiger partial charge in [-0.3, -0.25) is 9.59 Å². The Labute approximate surface area is 131 Å². The molecule has 5 nitrogen and oxygen atoms in total. The topological polar surface area (TPSA) is 75.6 Å². The fourth-order valence-corrected chi connectivity index (χ4v) is 2.69. The van der Waals surface area contributed by atoms with E-state index in [-0.39, 0.29) is 18.2 Å². The molecule has 21 heavy (non-hydrogen) atoms. The Kier molecular flexibility index (Phi) is 5.61. The number of unbranched alkanes of at least 4 members (excludes halogenated alkanes) is 2. The zero-order valence-corrected chi connectivity index (χ0v) is 13.2. The van der Waals surface area contributed by atoms with Gasteiger partial charge in [0.2, 0.25) is 5.91 Å². The first-order valence-electron chi connectivity index (χ1n) is 6.99. The summed E-state index contributed by atoms with van der Waals surface area (Å²) >= 11 is 3.40. The molecule has 1 aromatic carbocycles. The van der Waals surface area contributed by atoms with Crippen LogP contribution in [0.15, 0.2) is 22.7 Å². The number of hydrogen-bond donors (Lipinski definition) is 2. The van der Waals surface area contributed by atoms with Crippen molar-refractivity contribution < 1.29 is 19.4 Å². The van der Waals surface area contributed by atoms with E-state index >= 15 is 0 Å². The maximum Gasteiger partial charge on any atom is 0.303 e. The van der Waals surface area contributed by atoms with Gasteiger partial charge in [0.1, 0.15) is 18.3 Å². The van der Waals surface area contributed by atoms with E-state index in [2.05, 4.69) is 21.2 Å². The van der Waals surface area contributed by atoms with E-state index in [1.807, 2.05) is 18.2 Å². The summed E-state index contributed by atoms with van der Waals surface area (Å²) in [6, 6.07) is 5.67. The highest BCUT2D eigenvalue weighted by Gasteiger charge is 2.30. The second kappa shape index (κ2) is 7.45. The van der Waals surface area contributed by atoms with Gasteiger partial charge in [-0.2, -0.15) is 0 Å². The van der Waals surface area contributed by atoms with Crippen molar-refractivity contribution in [3.8, 4) is 5.75 Å². The van der Waals surface area contributed by atoms with E-state index in [0.29, 0.717) is 19.6 Å². The molecule has 0 bridgehead atoms. The average Bonchev–Trinajstić information content (AvgIpc) is 2.85. The first-order valence-corrected chi connectivity index (χ1v) is 7.79. The van der Waals surface area contributed by atoms with Crippen LogP contribution in [0.5, 0.6) is 5.75 Å². The number of halogens is 1. The summed E-state index contributed by atoms with van der Waals surface area (Å²) in [5.74, 6) is -0.314. The van der Waals surface area contributed by atoms with Gasteiger partial charge >= 0.3 is 5.97 Å². The van der Waals surface area contributed by atoms with Gasteiger partial charge in [0, 0.05) is 23.0 Å². The number of carbonyl (C=O) groups is 2. The summed E-state index contributed by atoms with van der Waals surface area (Å²) in [5.41, 5.74) is 0.910. The van der Waals surface area contributed by atoms with Crippen LogP contribution < -0.4 is 10.1 Å². The third kappa shape index (κ3) is 4.46. The molecule has 1 aliphatic heterocycles. The smallest absolute Gasteiger partial charge is 0.303 e. The Morgan fingerprint density at radius 2 is 2.14 bits per heavy atom. The summed E-state index contributed by atoms with van der Waals surface area (Å²) < 4.78 is 6.44. The standard InChI is InChI=1S/C15H18BrNO4/c16-10-5-6-13-11(8-10)12(9-21-13)15(20)17-7-3-1-2-4-14(18)19/h5-6,8,12H,1-4,7,9H2,(H,17,20)(H,18,19). The van der Waals surface area contributed by atoms with Crippen molar-refractivity contribution in [2.45, 2.75) is 31.6 Å². The number of carboxylic acid groups (broad SMARTS) is 1. The van der Waals surface area contributed by atoms with Crippen LogP contribution in [0, 0.1) is 0 Å². The Morgan fingerprint density at radius 1 is 1.33 bits per heavy atom. The Morgan fingerprint density at radius 3 is 2.90 bits per heavy atom. The highest BCUT2D eigenvalue weighted by molar-refractivity contribution is 9.10. The summed E-state index contributed by atoms with van der Waals surface area (Å²) in [5, 5.41) is 11.4. The molecule has 6 heteroatoms. The van der Waals surface area contributed by atoms with E-state index < -0.39 is 5.97 Å². The molecule has 0 fully saturated rings. The molecule has 0 saturated carbocycles. The number of hydrogen-bond acceptors (Lipinski definition) is 3. The van der Waals surface area contributed by atoms with Crippen LogP contribution in [-0.4, -0.2) is 30.1 Å². The molecule has 0 spiro atoms. The van der Waals surface area contributed by atoms with E-state index in [4.69, 9.17) is 9.84 Å². The molecule has 0 radical (unpaired) electrons. The fraction of sp³-hybridized carbons (Fsp3) is 0.467. The highest BCUT2D eigenvalue weighted by atomic mass is 79.9. The van der Waals surface area contributed by atoms with Crippen molar-refractivity contribution in [1.82, 2.24) is 5.32 Å². The lowest BCUT2D eigenvalue weighted by Gasteiger charge is -2.10. The van der Waals surface area contributed by atoms with Crippen LogP contribution in [0.4, 0.5) is 0 Å². The lowest BCUT2D eigenvalue weighted by Crippen LogP contribution is -2.30. The lowest BCUT2D eigenvalue weighted by molar-refractivity contribution is -0.137. The highest BCUT2D eigenvalue weighted by Crippen LogP contribution is 2.35. The number of rotatable bonds is 7. The largest absolute Gasteiger partial charge is 0.492 e. The minimum absolute atomic E-state index is 0.0370. The maximum absolute atomic E-state index is 12.2. The maximum atomic E-state index is 12.2. The average molecular weight is 356 g/mol. The van der Waals surface area contributed by atoms with Crippen molar-refractivity contribution in [3.63, 3.8) is 0 Å². The van der Waals surface area contributed by atoms with Gasteiger partial charge in [-0.25, -0.2) is 0 Å². The Bertz CT molecular complexity index is 532. The van der Waals surface area contributed by atoms with E-state index in [1.54, 1.807) is 0 Å². The lowest BCUT2D eigenvalue weighted by atomic mass is 10.0. The minimum Gasteiger partial charge on any atom is -0.492 e. The zero-order valence-electron chi connectivity index (χ0n) is 11.6. The van der Waals surface area contributed by atoms with Gasteiger partial charge in [-0.1, -0.05) is 22.4 Å². The second-order valence-corrected chi connectivity index (χ2v) is 5.96. The SMILES string of the molecule is O=C(O)CCCCCNC(=O)C1COc2ccc(Br)cc21. The molecular formula is C15H18BrNO4. The van der Waals surface area contributed by atoms with Crippen LogP contribution in [0.1, 0.15) is 37.2 Å². The number of ether oxygens (including phenoxy) is 1. The molecular weight excluding hydrogens is 338 g/mol. The van der Waals surface area contributed by atoms with Crippen molar-refractivity contribution in [2.75, 3.05) is 13.2 Å². The molecule has 2 N–H and O–H groups in total. The molecule has 1 amide bonds. The zero-order chi connectivity index (χ0) is 15.2. The molecule has 2 rings (SSSR count). The number of carbonyl (C=O) groups excluding carboxylic acids is 1. The fourth-order valence-electron chi connectivity index (χ4n) is 2.32. The minimum atomic E-state index is -0.774. The van der Waals surface area contributed by atoms with Crippen molar-refractivity contribution >= 4 is 27.8 Å². The molecule has 1 aromatic rings. The van der Waals surface area contributed by atoms with Gasteiger partial charge in [-0.15, -0.1) is 0 Å². The summed E-state index contributed by atoms with van der Waals surface area (Å²) in [6.07, 6.45) is 2.42. The molecule has 0 aliphatic carbocycles. The van der Waals surface area contributed by atoms with Crippen molar-refractivity contribution in [2.24, 2.45) is 0 Å². The molecule has 114 valence electrons. The summed E-state index contributed by atoms with van der Waals surface area (Å²) in [7, 11) is 0. The van der Waals surface area contributed by atoms with Gasteiger partial charge in [-0.05, 0) is 31.0 Å². The number of benzene rings is 1.